The lowest BCUT2D eigenvalue weighted by atomic mass is 9.86. The van der Waals surface area contributed by atoms with E-state index in [0.29, 0.717) is 3.57 Å². The van der Waals surface area contributed by atoms with Gasteiger partial charge in [0.2, 0.25) is 0 Å². The van der Waals surface area contributed by atoms with Gasteiger partial charge in [-0.05, 0) is 34.1 Å². The fraction of sp³-hybridized carbons (Fsp3) is 0.385. The third kappa shape index (κ3) is 4.38. The molecule has 0 saturated heterocycles. The monoisotopic (exact) mass is 406 g/mol. The molecule has 0 radical (unpaired) electrons. The first-order valence-corrected chi connectivity index (χ1v) is 7.09. The number of nitrogens with one attached hydrogen (secondary N) is 1. The molecule has 1 amide bonds. The van der Waals surface area contributed by atoms with Gasteiger partial charge in [0.15, 0.2) is 0 Å². The SMILES string of the molecule is CC(C)(C)[C@@H](NC(=O)c1cc([N+](=O)[O-])ccc1I)C(=O)O. The largest absolute Gasteiger partial charge is 0.480 e. The van der Waals surface area contributed by atoms with E-state index >= 15 is 0 Å². The van der Waals surface area contributed by atoms with Gasteiger partial charge >= 0.3 is 5.97 Å². The zero-order valence-corrected chi connectivity index (χ0v) is 13.9. The molecule has 8 heteroatoms. The van der Waals surface area contributed by atoms with Crippen LogP contribution in [0.5, 0.6) is 0 Å². The van der Waals surface area contributed by atoms with Gasteiger partial charge in [-0.15, -0.1) is 0 Å². The molecule has 0 unspecified atom stereocenters. The molecule has 0 bridgehead atoms. The fourth-order valence-corrected chi connectivity index (χ4v) is 2.24. The number of nitro benzene ring substituents is 1. The van der Waals surface area contributed by atoms with Crippen LogP contribution in [0.4, 0.5) is 5.69 Å². The molecule has 0 aliphatic heterocycles. The third-order valence-electron chi connectivity index (χ3n) is 2.79. The molecular formula is C13H15IN2O5. The number of hydrogen-bond donors (Lipinski definition) is 2. The summed E-state index contributed by atoms with van der Waals surface area (Å²) in [7, 11) is 0. The summed E-state index contributed by atoms with van der Waals surface area (Å²) in [6.07, 6.45) is 0. The predicted octanol–water partition coefficient (Wildman–Crippen LogP) is 2.43. The van der Waals surface area contributed by atoms with E-state index in [2.05, 4.69) is 5.32 Å². The van der Waals surface area contributed by atoms with Gasteiger partial charge in [0.05, 0.1) is 10.5 Å². The molecule has 21 heavy (non-hydrogen) atoms. The highest BCUT2D eigenvalue weighted by molar-refractivity contribution is 14.1. The molecule has 0 spiro atoms. The van der Waals surface area contributed by atoms with Crippen molar-refractivity contribution in [3.05, 3.63) is 37.4 Å². The zero-order chi connectivity index (χ0) is 16.4. The van der Waals surface area contributed by atoms with Crippen LogP contribution in [0.1, 0.15) is 31.1 Å². The minimum Gasteiger partial charge on any atom is -0.480 e. The predicted molar refractivity (Wildman–Crippen MR) is 84.2 cm³/mol. The van der Waals surface area contributed by atoms with Gasteiger partial charge in [0.25, 0.3) is 11.6 Å². The Morgan fingerprint density at radius 3 is 2.38 bits per heavy atom. The van der Waals surface area contributed by atoms with Crippen LogP contribution in [0.2, 0.25) is 0 Å². The molecule has 1 rings (SSSR count). The standard InChI is InChI=1S/C13H15IN2O5/c1-13(2,3)10(12(18)19)15-11(17)8-6-7(16(20)21)4-5-9(8)14/h4-6,10H,1-3H3,(H,15,17)(H,18,19)/t10-/m0/s1. The number of non-ortho nitro benzene ring substituents is 1. The van der Waals surface area contributed by atoms with E-state index in [1.54, 1.807) is 20.8 Å². The number of nitrogens with zero attached hydrogens (tertiary/aromatic N) is 1. The summed E-state index contributed by atoms with van der Waals surface area (Å²) in [6.45, 7) is 5.05. The highest BCUT2D eigenvalue weighted by Crippen LogP contribution is 2.22. The van der Waals surface area contributed by atoms with E-state index in [4.69, 9.17) is 0 Å². The Kier molecular flexibility index (Phi) is 5.26. The average Bonchev–Trinajstić information content (AvgIpc) is 2.33. The average molecular weight is 406 g/mol. The van der Waals surface area contributed by atoms with Crippen molar-refractivity contribution in [2.45, 2.75) is 26.8 Å². The molecule has 0 aliphatic carbocycles. The van der Waals surface area contributed by atoms with Crippen molar-refractivity contribution in [2.75, 3.05) is 0 Å². The van der Waals surface area contributed by atoms with Crippen LogP contribution in [-0.4, -0.2) is 27.9 Å². The van der Waals surface area contributed by atoms with Crippen LogP contribution in [0, 0.1) is 19.1 Å². The second-order valence-electron chi connectivity index (χ2n) is 5.53. The minimum atomic E-state index is -1.16. The molecule has 0 aromatic heterocycles. The van der Waals surface area contributed by atoms with Crippen molar-refractivity contribution >= 4 is 40.2 Å². The zero-order valence-electron chi connectivity index (χ0n) is 11.7. The Hall–Kier alpha value is -1.71. The van der Waals surface area contributed by atoms with Gasteiger partial charge in [-0.2, -0.15) is 0 Å². The highest BCUT2D eigenvalue weighted by atomic mass is 127. The number of rotatable bonds is 4. The van der Waals surface area contributed by atoms with Crippen molar-refractivity contribution < 1.29 is 19.6 Å². The Bertz CT molecular complexity index is 595. The van der Waals surface area contributed by atoms with Gasteiger partial charge in [-0.3, -0.25) is 14.9 Å². The number of aliphatic carboxylic acids is 1. The molecule has 1 atom stereocenters. The van der Waals surface area contributed by atoms with Gasteiger partial charge < -0.3 is 10.4 Å². The molecule has 1 aromatic rings. The van der Waals surface area contributed by atoms with Crippen LogP contribution >= 0.6 is 22.6 Å². The van der Waals surface area contributed by atoms with Crippen molar-refractivity contribution in [3.8, 4) is 0 Å². The number of nitro groups is 1. The van der Waals surface area contributed by atoms with E-state index in [1.807, 2.05) is 22.6 Å². The van der Waals surface area contributed by atoms with Crippen LogP contribution < -0.4 is 5.32 Å². The Morgan fingerprint density at radius 1 is 1.38 bits per heavy atom. The third-order valence-corrected chi connectivity index (χ3v) is 3.73. The number of halogens is 1. The normalized spacial score (nSPS) is 12.6. The van der Waals surface area contributed by atoms with Crippen LogP contribution in [0.25, 0.3) is 0 Å². The number of amides is 1. The number of benzene rings is 1. The number of carbonyl (C=O) groups excluding carboxylic acids is 1. The summed E-state index contributed by atoms with van der Waals surface area (Å²) >= 11 is 1.87. The molecule has 0 fully saturated rings. The van der Waals surface area contributed by atoms with Gasteiger partial charge in [0.1, 0.15) is 6.04 Å². The van der Waals surface area contributed by atoms with Gasteiger partial charge in [-0.25, -0.2) is 4.79 Å². The Balaban J connectivity index is 3.11. The maximum Gasteiger partial charge on any atom is 0.326 e. The Labute approximate surface area is 135 Å². The van der Waals surface area contributed by atoms with E-state index in [0.717, 1.165) is 6.07 Å². The lowest BCUT2D eigenvalue weighted by Crippen LogP contribution is -2.49. The van der Waals surface area contributed by atoms with E-state index < -0.39 is 28.3 Å². The quantitative estimate of drug-likeness (QED) is 0.454. The topological polar surface area (TPSA) is 110 Å². The van der Waals surface area contributed by atoms with Crippen molar-refractivity contribution in [3.63, 3.8) is 0 Å². The number of carbonyl (C=O) groups is 2. The summed E-state index contributed by atoms with van der Waals surface area (Å²) in [5.41, 5.74) is -0.823. The van der Waals surface area contributed by atoms with Gasteiger partial charge in [-0.1, -0.05) is 20.8 Å². The maximum atomic E-state index is 12.2. The minimum absolute atomic E-state index is 0.0836. The van der Waals surface area contributed by atoms with E-state index in [1.165, 1.54) is 12.1 Å². The van der Waals surface area contributed by atoms with E-state index in [-0.39, 0.29) is 11.3 Å². The molecule has 7 nitrogen and oxygen atoms in total. The molecule has 0 heterocycles. The van der Waals surface area contributed by atoms with Gasteiger partial charge in [0, 0.05) is 15.7 Å². The van der Waals surface area contributed by atoms with Crippen LogP contribution in [0.3, 0.4) is 0 Å². The first-order chi connectivity index (χ1) is 9.54. The number of carboxylic acid groups (broad SMARTS) is 1. The molecule has 2 N–H and O–H groups in total. The maximum absolute atomic E-state index is 12.2. The highest BCUT2D eigenvalue weighted by Gasteiger charge is 2.33. The first-order valence-electron chi connectivity index (χ1n) is 6.01. The number of carboxylic acids is 1. The molecule has 0 aliphatic rings. The summed E-state index contributed by atoms with van der Waals surface area (Å²) in [4.78, 5) is 33.6. The molecule has 1 aromatic carbocycles. The summed E-state index contributed by atoms with van der Waals surface area (Å²) in [6, 6.07) is 2.77. The summed E-state index contributed by atoms with van der Waals surface area (Å²) in [5.74, 6) is -1.80. The summed E-state index contributed by atoms with van der Waals surface area (Å²) in [5, 5.41) is 22.4. The molecule has 114 valence electrons. The number of hydrogen-bond acceptors (Lipinski definition) is 4. The van der Waals surface area contributed by atoms with Crippen molar-refractivity contribution in [1.82, 2.24) is 5.32 Å². The molecule has 0 saturated carbocycles. The van der Waals surface area contributed by atoms with Crippen LogP contribution in [0.15, 0.2) is 18.2 Å². The lowest BCUT2D eigenvalue weighted by Gasteiger charge is -2.27. The van der Waals surface area contributed by atoms with Crippen molar-refractivity contribution in [1.29, 1.82) is 0 Å². The summed E-state index contributed by atoms with van der Waals surface area (Å²) < 4.78 is 0.508. The van der Waals surface area contributed by atoms with Crippen molar-refractivity contribution in [2.24, 2.45) is 5.41 Å². The smallest absolute Gasteiger partial charge is 0.326 e. The Morgan fingerprint density at radius 2 is 1.95 bits per heavy atom. The van der Waals surface area contributed by atoms with E-state index in [9.17, 15) is 24.8 Å². The second-order valence-corrected chi connectivity index (χ2v) is 6.69. The first kappa shape index (κ1) is 17.3. The second kappa shape index (κ2) is 6.37. The molecular weight excluding hydrogens is 391 g/mol. The van der Waals surface area contributed by atoms with Crippen LogP contribution in [-0.2, 0) is 4.79 Å². The fourth-order valence-electron chi connectivity index (χ4n) is 1.66. The lowest BCUT2D eigenvalue weighted by molar-refractivity contribution is -0.384.